The van der Waals surface area contributed by atoms with Gasteiger partial charge >= 0.3 is 5.97 Å². The smallest absolute Gasteiger partial charge is 0.338 e. The highest BCUT2D eigenvalue weighted by molar-refractivity contribution is 5.91. The highest BCUT2D eigenvalue weighted by Gasteiger charge is 2.28. The molecule has 120 valence electrons. The van der Waals surface area contributed by atoms with Gasteiger partial charge in [0.1, 0.15) is 5.82 Å². The highest BCUT2D eigenvalue weighted by Crippen LogP contribution is 2.29. The van der Waals surface area contributed by atoms with E-state index in [0.29, 0.717) is 11.8 Å². The molecule has 3 atom stereocenters. The van der Waals surface area contributed by atoms with Crippen LogP contribution >= 0.6 is 0 Å². The second kappa shape index (κ2) is 7.38. The van der Waals surface area contributed by atoms with E-state index in [1.54, 1.807) is 0 Å². The molecular formula is C17H22FNO3. The van der Waals surface area contributed by atoms with Crippen LogP contribution in [0.4, 0.5) is 4.39 Å². The zero-order chi connectivity index (χ0) is 16.1. The summed E-state index contributed by atoms with van der Waals surface area (Å²) >= 11 is 0. The van der Waals surface area contributed by atoms with Gasteiger partial charge in [-0.15, -0.1) is 0 Å². The average Bonchev–Trinajstić information content (AvgIpc) is 2.49. The van der Waals surface area contributed by atoms with E-state index in [9.17, 15) is 14.0 Å². The standard InChI is InChI=1S/C17H22FNO3/c1-11-5-3-8-15(12(11)2)19-16(20)10-22-17(21)13-6-4-7-14(18)9-13/h4,6-7,9,11-12,15H,3,5,8,10H2,1-2H3,(H,19,20). The number of esters is 1. The molecule has 1 N–H and O–H groups in total. The lowest BCUT2D eigenvalue weighted by Gasteiger charge is -2.34. The van der Waals surface area contributed by atoms with Crippen molar-refractivity contribution >= 4 is 11.9 Å². The predicted octanol–water partition coefficient (Wildman–Crippen LogP) is 2.92. The van der Waals surface area contributed by atoms with Gasteiger partial charge in [-0.25, -0.2) is 9.18 Å². The summed E-state index contributed by atoms with van der Waals surface area (Å²) in [6.07, 6.45) is 3.23. The number of amides is 1. The van der Waals surface area contributed by atoms with E-state index in [-0.39, 0.29) is 24.1 Å². The lowest BCUT2D eigenvalue weighted by molar-refractivity contribution is -0.125. The first-order valence-corrected chi connectivity index (χ1v) is 7.69. The van der Waals surface area contributed by atoms with Crippen molar-refractivity contribution < 1.29 is 18.7 Å². The Morgan fingerprint density at radius 1 is 1.32 bits per heavy atom. The van der Waals surface area contributed by atoms with Crippen molar-refractivity contribution in [2.75, 3.05) is 6.61 Å². The summed E-state index contributed by atoms with van der Waals surface area (Å²) in [4.78, 5) is 23.6. The summed E-state index contributed by atoms with van der Waals surface area (Å²) in [7, 11) is 0. The van der Waals surface area contributed by atoms with Crippen LogP contribution in [0.15, 0.2) is 24.3 Å². The first kappa shape index (κ1) is 16.5. The van der Waals surface area contributed by atoms with Crippen LogP contribution in [0.3, 0.4) is 0 Å². The van der Waals surface area contributed by atoms with E-state index >= 15 is 0 Å². The molecule has 0 heterocycles. The Morgan fingerprint density at radius 3 is 2.82 bits per heavy atom. The van der Waals surface area contributed by atoms with Crippen LogP contribution in [0.5, 0.6) is 0 Å². The van der Waals surface area contributed by atoms with Gasteiger partial charge in [-0.1, -0.05) is 32.8 Å². The number of halogens is 1. The molecule has 1 aliphatic rings. The van der Waals surface area contributed by atoms with Gasteiger partial charge in [-0.05, 0) is 36.5 Å². The molecule has 3 unspecified atom stereocenters. The number of nitrogens with one attached hydrogen (secondary N) is 1. The number of benzene rings is 1. The Labute approximate surface area is 130 Å². The maximum atomic E-state index is 13.0. The fraction of sp³-hybridized carbons (Fsp3) is 0.529. The van der Waals surface area contributed by atoms with Gasteiger partial charge < -0.3 is 10.1 Å². The third kappa shape index (κ3) is 4.29. The number of hydrogen-bond acceptors (Lipinski definition) is 3. The second-order valence-corrected chi connectivity index (χ2v) is 6.03. The molecule has 1 aromatic rings. The summed E-state index contributed by atoms with van der Waals surface area (Å²) in [6.45, 7) is 3.98. The second-order valence-electron chi connectivity index (χ2n) is 6.03. The first-order chi connectivity index (χ1) is 10.5. The third-order valence-electron chi connectivity index (χ3n) is 4.45. The van der Waals surface area contributed by atoms with E-state index in [1.165, 1.54) is 24.6 Å². The van der Waals surface area contributed by atoms with Crippen LogP contribution in [-0.2, 0) is 9.53 Å². The molecule has 0 saturated heterocycles. The Hall–Kier alpha value is -1.91. The summed E-state index contributed by atoms with van der Waals surface area (Å²) in [5.74, 6) is -0.523. The van der Waals surface area contributed by atoms with Crippen LogP contribution in [0.25, 0.3) is 0 Å². The van der Waals surface area contributed by atoms with E-state index < -0.39 is 11.8 Å². The van der Waals surface area contributed by atoms with Crippen molar-refractivity contribution in [3.05, 3.63) is 35.6 Å². The van der Waals surface area contributed by atoms with Crippen LogP contribution in [0.2, 0.25) is 0 Å². The molecule has 0 aliphatic heterocycles. The van der Waals surface area contributed by atoms with Gasteiger partial charge in [-0.3, -0.25) is 4.79 Å². The van der Waals surface area contributed by atoms with Crippen LogP contribution in [0.1, 0.15) is 43.5 Å². The Bertz CT molecular complexity index is 546. The van der Waals surface area contributed by atoms with Crippen molar-refractivity contribution in [2.45, 2.75) is 39.2 Å². The number of rotatable bonds is 4. The van der Waals surface area contributed by atoms with Gasteiger partial charge in [0, 0.05) is 6.04 Å². The third-order valence-corrected chi connectivity index (χ3v) is 4.45. The maximum Gasteiger partial charge on any atom is 0.338 e. The summed E-state index contributed by atoms with van der Waals surface area (Å²) in [6, 6.07) is 5.34. The zero-order valence-corrected chi connectivity index (χ0v) is 13.0. The van der Waals surface area contributed by atoms with Crippen molar-refractivity contribution in [3.63, 3.8) is 0 Å². The molecule has 0 aromatic heterocycles. The Morgan fingerprint density at radius 2 is 2.09 bits per heavy atom. The molecule has 22 heavy (non-hydrogen) atoms. The molecular weight excluding hydrogens is 285 g/mol. The molecule has 1 aliphatic carbocycles. The summed E-state index contributed by atoms with van der Waals surface area (Å²) in [5.41, 5.74) is 0.104. The van der Waals surface area contributed by atoms with Crippen molar-refractivity contribution in [2.24, 2.45) is 11.8 Å². The van der Waals surface area contributed by atoms with E-state index in [0.717, 1.165) is 18.9 Å². The Balaban J connectivity index is 1.81. The van der Waals surface area contributed by atoms with Gasteiger partial charge in [0.25, 0.3) is 5.91 Å². The monoisotopic (exact) mass is 307 g/mol. The quantitative estimate of drug-likeness (QED) is 0.870. The number of ether oxygens (including phenoxy) is 1. The van der Waals surface area contributed by atoms with Gasteiger partial charge in [-0.2, -0.15) is 0 Å². The number of hydrogen-bond donors (Lipinski definition) is 1. The normalized spacial score (nSPS) is 24.6. The maximum absolute atomic E-state index is 13.0. The molecule has 5 heteroatoms. The van der Waals surface area contributed by atoms with E-state index in [4.69, 9.17) is 4.74 Å². The van der Waals surface area contributed by atoms with E-state index in [2.05, 4.69) is 19.2 Å². The topological polar surface area (TPSA) is 55.4 Å². The minimum atomic E-state index is -0.695. The molecule has 1 amide bonds. The van der Waals surface area contributed by atoms with Crippen molar-refractivity contribution in [3.8, 4) is 0 Å². The molecule has 0 spiro atoms. The molecule has 1 aromatic carbocycles. The van der Waals surface area contributed by atoms with Gasteiger partial charge in [0.15, 0.2) is 6.61 Å². The van der Waals surface area contributed by atoms with Gasteiger partial charge in [0.05, 0.1) is 5.56 Å². The lowest BCUT2D eigenvalue weighted by Crippen LogP contribution is -2.45. The largest absolute Gasteiger partial charge is 0.452 e. The molecule has 0 radical (unpaired) electrons. The summed E-state index contributed by atoms with van der Waals surface area (Å²) in [5, 5.41) is 2.93. The lowest BCUT2D eigenvalue weighted by atomic mass is 9.78. The zero-order valence-electron chi connectivity index (χ0n) is 13.0. The highest BCUT2D eigenvalue weighted by atomic mass is 19.1. The Kier molecular flexibility index (Phi) is 5.52. The SMILES string of the molecule is CC1CCCC(NC(=O)COC(=O)c2cccc(F)c2)C1C. The fourth-order valence-electron chi connectivity index (χ4n) is 2.86. The van der Waals surface area contributed by atoms with Crippen molar-refractivity contribution in [1.29, 1.82) is 0 Å². The molecule has 1 fully saturated rings. The number of carbonyl (C=O) groups is 2. The molecule has 4 nitrogen and oxygen atoms in total. The molecule has 0 bridgehead atoms. The van der Waals surface area contributed by atoms with Crippen molar-refractivity contribution in [1.82, 2.24) is 5.32 Å². The van der Waals surface area contributed by atoms with E-state index in [1.807, 2.05) is 0 Å². The van der Waals surface area contributed by atoms with Gasteiger partial charge in [0.2, 0.25) is 0 Å². The molecule has 1 saturated carbocycles. The average molecular weight is 307 g/mol. The first-order valence-electron chi connectivity index (χ1n) is 7.69. The summed E-state index contributed by atoms with van der Waals surface area (Å²) < 4.78 is 18.0. The fourth-order valence-corrected chi connectivity index (χ4v) is 2.86. The predicted molar refractivity (Wildman–Crippen MR) is 80.8 cm³/mol. The van der Waals surface area contributed by atoms with Crippen LogP contribution in [-0.4, -0.2) is 24.5 Å². The molecule has 2 rings (SSSR count). The minimum absolute atomic E-state index is 0.104. The van der Waals surface area contributed by atoms with Crippen LogP contribution in [0, 0.1) is 17.7 Å². The minimum Gasteiger partial charge on any atom is -0.452 e. The number of carbonyl (C=O) groups excluding carboxylic acids is 2. The van der Waals surface area contributed by atoms with Crippen LogP contribution < -0.4 is 5.32 Å².